The Kier molecular flexibility index (Phi) is 9.46. The van der Waals surface area contributed by atoms with Crippen molar-refractivity contribution < 1.29 is 0 Å². The van der Waals surface area contributed by atoms with Gasteiger partial charge in [0.1, 0.15) is 0 Å². The summed E-state index contributed by atoms with van der Waals surface area (Å²) in [5.41, 5.74) is 27.9. The fourth-order valence-electron chi connectivity index (χ4n) is 16.4. The molecule has 0 unspecified atom stereocenters. The van der Waals surface area contributed by atoms with Crippen molar-refractivity contribution in [1.82, 2.24) is 18.1 Å². The molecule has 3 aliphatic rings. The minimum Gasteiger partial charge on any atom is -0.375 e. The van der Waals surface area contributed by atoms with Gasteiger partial charge in [-0.05, 0) is 119 Å². The van der Waals surface area contributed by atoms with Crippen molar-refractivity contribution in [2.75, 3.05) is 16.8 Å². The van der Waals surface area contributed by atoms with Crippen LogP contribution in [0.5, 0.6) is 0 Å². The van der Waals surface area contributed by atoms with Crippen molar-refractivity contribution in [3.63, 3.8) is 0 Å². The van der Waals surface area contributed by atoms with E-state index in [2.05, 4.69) is 320 Å². The summed E-state index contributed by atoms with van der Waals surface area (Å²) in [6.45, 7) is -0.485. The maximum absolute atomic E-state index is 2.73. The van der Waals surface area contributed by atoms with Gasteiger partial charge in [0.25, 0.3) is 0 Å². The maximum atomic E-state index is 2.73. The second-order valence-corrected chi connectivity index (χ2v) is 23.9. The van der Waals surface area contributed by atoms with Crippen molar-refractivity contribution in [3.05, 3.63) is 285 Å². The highest BCUT2D eigenvalue weighted by atomic mass is 15.2. The molecule has 0 atom stereocenters. The van der Waals surface area contributed by atoms with Gasteiger partial charge in [-0.2, -0.15) is 0 Å². The predicted molar refractivity (Wildman–Crippen MR) is 368 cm³/mol. The molecular formula is C79H50B2N6. The third kappa shape index (κ3) is 6.15. The average molecular weight is 1100 g/mol. The van der Waals surface area contributed by atoms with E-state index in [-0.39, 0.29) is 13.7 Å². The standard InChI is InChI=1S/C79H50B2N6/c1-82(50-24-6-2-7-25-50)78-72-60-34-16-18-40-65(60)83(51-26-8-3-9-27-51)70(72)47-62-58-38-22-36-56-54-32-14-20-42-67(54)86(76(56)58)80(74(62)78)49-44-45-69-64(46-49)81-75-63(59-39-23-37-57-55-33-15-21-43-68(55)87(81)77(57)59)48-71-73(79(75)85(69)53-30-12-5-13-31-53)61-35-17-19-41-66(61)84(71)52-28-10-4-11-29-52/h2-48H,1H3. The molecule has 3 aliphatic heterocycles. The Morgan fingerprint density at radius 1 is 0.322 bits per heavy atom. The molecule has 0 bridgehead atoms. The van der Waals surface area contributed by atoms with Crippen LogP contribution in [-0.4, -0.2) is 38.8 Å². The summed E-state index contributed by atoms with van der Waals surface area (Å²) in [5, 5.41) is 9.97. The lowest BCUT2D eigenvalue weighted by Gasteiger charge is -2.41. The van der Waals surface area contributed by atoms with E-state index >= 15 is 0 Å². The molecule has 0 N–H and O–H groups in total. The summed E-state index contributed by atoms with van der Waals surface area (Å²) >= 11 is 0. The first-order valence-electron chi connectivity index (χ1n) is 30.3. The van der Waals surface area contributed by atoms with Gasteiger partial charge in [-0.1, -0.05) is 200 Å². The quantitative estimate of drug-likeness (QED) is 0.155. The molecule has 0 aliphatic carbocycles. The summed E-state index contributed by atoms with van der Waals surface area (Å²) in [6.07, 6.45) is 0. The predicted octanol–water partition coefficient (Wildman–Crippen LogP) is 16.9. The summed E-state index contributed by atoms with van der Waals surface area (Å²) < 4.78 is 10.4. The first-order valence-corrected chi connectivity index (χ1v) is 30.3. The largest absolute Gasteiger partial charge is 0.375 e. The zero-order chi connectivity index (χ0) is 56.8. The number of aromatic nitrogens is 4. The molecule has 17 aromatic rings. The minimum absolute atomic E-state index is 0.208. The zero-order valence-electron chi connectivity index (χ0n) is 47.5. The van der Waals surface area contributed by atoms with Crippen LogP contribution >= 0.6 is 0 Å². The van der Waals surface area contributed by atoms with Gasteiger partial charge in [0.15, 0.2) is 0 Å². The molecule has 0 fully saturated rings. The lowest BCUT2D eigenvalue weighted by Crippen LogP contribution is -2.59. The highest BCUT2D eigenvalue weighted by Gasteiger charge is 2.46. The highest BCUT2D eigenvalue weighted by molar-refractivity contribution is 6.92. The second kappa shape index (κ2) is 17.4. The van der Waals surface area contributed by atoms with Crippen LogP contribution in [0.2, 0.25) is 0 Å². The first kappa shape index (κ1) is 47.2. The molecule has 0 amide bonds. The lowest BCUT2D eigenvalue weighted by atomic mass is 9.42. The van der Waals surface area contributed by atoms with Crippen molar-refractivity contribution >= 4 is 151 Å². The van der Waals surface area contributed by atoms with E-state index in [0.717, 1.165) is 22.7 Å². The molecule has 0 radical (unpaired) electrons. The number of rotatable bonds is 6. The highest BCUT2D eigenvalue weighted by Crippen LogP contribution is 2.52. The van der Waals surface area contributed by atoms with Crippen LogP contribution in [0.1, 0.15) is 0 Å². The molecule has 87 heavy (non-hydrogen) atoms. The van der Waals surface area contributed by atoms with Gasteiger partial charge in [0.2, 0.25) is 0 Å². The fourth-order valence-corrected chi connectivity index (χ4v) is 16.4. The van der Waals surface area contributed by atoms with Gasteiger partial charge in [-0.25, -0.2) is 0 Å². The second-order valence-electron chi connectivity index (χ2n) is 23.9. The monoisotopic (exact) mass is 1100 g/mol. The van der Waals surface area contributed by atoms with Crippen molar-refractivity contribution in [2.24, 2.45) is 0 Å². The molecule has 402 valence electrons. The van der Waals surface area contributed by atoms with E-state index in [1.807, 2.05) is 0 Å². The first-order chi connectivity index (χ1) is 43.2. The molecule has 13 aromatic carbocycles. The van der Waals surface area contributed by atoms with E-state index < -0.39 is 0 Å². The van der Waals surface area contributed by atoms with Gasteiger partial charge in [-0.15, -0.1) is 0 Å². The molecular weight excluding hydrogens is 1050 g/mol. The number of hydrogen-bond donors (Lipinski definition) is 0. The number of anilines is 5. The summed E-state index contributed by atoms with van der Waals surface area (Å²) in [6, 6.07) is 107. The SMILES string of the molecule is CN(c1ccccc1)c1c2c(cc3c1c1ccccc1n3-c1ccccc1)-c1cccc3c4ccccc4n(c13)B2c1ccc2c(c1)B1c3c(cc4c(c3N2c2ccccc2)c2ccccc2n4-c2ccccc2)-c2cccc3c4ccccc4n1c23. The summed E-state index contributed by atoms with van der Waals surface area (Å²) in [5.74, 6) is 0. The van der Waals surface area contributed by atoms with Gasteiger partial charge in [0, 0.05) is 117 Å². The van der Waals surface area contributed by atoms with Crippen LogP contribution in [0.25, 0.3) is 121 Å². The smallest absolute Gasteiger partial charge is 0.333 e. The molecule has 6 nitrogen and oxygen atoms in total. The summed E-state index contributed by atoms with van der Waals surface area (Å²) in [7, 11) is 2.29. The molecule has 7 heterocycles. The van der Waals surface area contributed by atoms with E-state index in [4.69, 9.17) is 0 Å². The Morgan fingerprint density at radius 3 is 1.34 bits per heavy atom. The van der Waals surface area contributed by atoms with Crippen molar-refractivity contribution in [2.45, 2.75) is 0 Å². The van der Waals surface area contributed by atoms with Gasteiger partial charge in [-0.3, -0.25) is 0 Å². The molecule has 0 spiro atoms. The Bertz CT molecular complexity index is 5800. The summed E-state index contributed by atoms with van der Waals surface area (Å²) in [4.78, 5) is 5.11. The molecule has 4 aromatic heterocycles. The Morgan fingerprint density at radius 2 is 0.770 bits per heavy atom. The Labute approximate surface area is 502 Å². The van der Waals surface area contributed by atoms with Gasteiger partial charge in [0.05, 0.1) is 27.8 Å². The third-order valence-electron chi connectivity index (χ3n) is 19.7. The normalized spacial score (nSPS) is 13.0. The van der Waals surface area contributed by atoms with Crippen LogP contribution in [0.3, 0.4) is 0 Å². The van der Waals surface area contributed by atoms with E-state index in [0.29, 0.717) is 0 Å². The minimum atomic E-state index is -0.276. The Hall–Kier alpha value is -11.2. The molecule has 20 rings (SSSR count). The molecule has 0 saturated carbocycles. The van der Waals surface area contributed by atoms with Crippen LogP contribution < -0.4 is 31.7 Å². The number of hydrogen-bond acceptors (Lipinski definition) is 2. The molecule has 0 saturated heterocycles. The number of benzene rings is 13. The van der Waals surface area contributed by atoms with Crippen molar-refractivity contribution in [1.29, 1.82) is 0 Å². The van der Waals surface area contributed by atoms with Crippen molar-refractivity contribution in [3.8, 4) is 33.6 Å². The number of nitrogens with zero attached hydrogens (tertiary/aromatic N) is 6. The van der Waals surface area contributed by atoms with E-state index in [1.165, 1.54) is 148 Å². The van der Waals surface area contributed by atoms with Gasteiger partial charge < -0.3 is 27.9 Å². The average Bonchev–Trinajstić information content (AvgIpc) is 1.68. The van der Waals surface area contributed by atoms with Crippen LogP contribution in [0, 0.1) is 0 Å². The Balaban J connectivity index is 0.960. The fraction of sp³-hybridized carbons (Fsp3) is 0.0127. The van der Waals surface area contributed by atoms with E-state index in [1.54, 1.807) is 0 Å². The number of fused-ring (bicyclic) bond motifs is 19. The van der Waals surface area contributed by atoms with Crippen LogP contribution in [0.4, 0.5) is 28.4 Å². The van der Waals surface area contributed by atoms with Gasteiger partial charge >= 0.3 is 13.7 Å². The zero-order valence-corrected chi connectivity index (χ0v) is 47.5. The molecule has 8 heteroatoms. The third-order valence-corrected chi connectivity index (χ3v) is 19.7. The van der Waals surface area contributed by atoms with Crippen LogP contribution in [-0.2, 0) is 0 Å². The van der Waals surface area contributed by atoms with E-state index in [9.17, 15) is 0 Å². The van der Waals surface area contributed by atoms with Crippen LogP contribution in [0.15, 0.2) is 285 Å². The topological polar surface area (TPSA) is 26.2 Å². The maximum Gasteiger partial charge on any atom is 0.333 e. The lowest BCUT2D eigenvalue weighted by molar-refractivity contribution is 1.18. The number of para-hydroxylation sites is 10.